The lowest BCUT2D eigenvalue weighted by Crippen LogP contribution is -2.54. The molecule has 160 valence electrons. The maximum absolute atomic E-state index is 12.9. The van der Waals surface area contributed by atoms with Crippen LogP contribution in [0.15, 0.2) is 36.4 Å². The zero-order valence-corrected chi connectivity index (χ0v) is 17.0. The second-order valence-corrected chi connectivity index (χ2v) is 7.70. The number of nitrogens with one attached hydrogen (secondary N) is 2. The van der Waals surface area contributed by atoms with Crippen LogP contribution in [-0.2, 0) is 22.7 Å². The number of carbonyl (C=O) groups excluding carboxylic acids is 4. The largest absolute Gasteiger partial charge is 0.497 e. The van der Waals surface area contributed by atoms with Gasteiger partial charge >= 0.3 is 12.0 Å². The highest BCUT2D eigenvalue weighted by Gasteiger charge is 2.48. The van der Waals surface area contributed by atoms with Crippen LogP contribution in [0.2, 0.25) is 0 Å². The fraction of sp³-hybridized carbons (Fsp3) is 0.217. The first-order valence-corrected chi connectivity index (χ1v) is 9.81. The van der Waals surface area contributed by atoms with Crippen LogP contribution in [0.4, 0.5) is 4.79 Å². The van der Waals surface area contributed by atoms with E-state index in [0.29, 0.717) is 28.0 Å². The Balaban J connectivity index is 1.45. The van der Waals surface area contributed by atoms with Crippen LogP contribution in [-0.4, -0.2) is 47.9 Å². The van der Waals surface area contributed by atoms with Crippen molar-refractivity contribution in [3.63, 3.8) is 0 Å². The molecule has 9 heteroatoms. The number of esters is 1. The minimum Gasteiger partial charge on any atom is -0.497 e. The van der Waals surface area contributed by atoms with E-state index in [1.807, 2.05) is 0 Å². The summed E-state index contributed by atoms with van der Waals surface area (Å²) in [5, 5.41) is 4.78. The van der Waals surface area contributed by atoms with Gasteiger partial charge in [-0.3, -0.25) is 14.9 Å². The number of ether oxygens (including phenoxy) is 2. The molecule has 0 radical (unpaired) electrons. The fourth-order valence-corrected chi connectivity index (χ4v) is 4.00. The van der Waals surface area contributed by atoms with Gasteiger partial charge in [0.15, 0.2) is 0 Å². The van der Waals surface area contributed by atoms with E-state index in [2.05, 4.69) is 22.5 Å². The summed E-state index contributed by atoms with van der Waals surface area (Å²) in [4.78, 5) is 50.7. The number of benzene rings is 2. The van der Waals surface area contributed by atoms with E-state index in [4.69, 9.17) is 9.47 Å². The summed E-state index contributed by atoms with van der Waals surface area (Å²) in [7, 11) is 1.52. The zero-order valence-electron chi connectivity index (χ0n) is 17.0. The molecule has 2 N–H and O–H groups in total. The van der Waals surface area contributed by atoms with Crippen molar-refractivity contribution in [2.45, 2.75) is 18.7 Å². The van der Waals surface area contributed by atoms with Crippen LogP contribution in [0.5, 0.6) is 5.75 Å². The van der Waals surface area contributed by atoms with Crippen molar-refractivity contribution in [1.82, 2.24) is 15.5 Å². The minimum absolute atomic E-state index is 0.125. The Kier molecular flexibility index (Phi) is 4.37. The maximum atomic E-state index is 12.9. The van der Waals surface area contributed by atoms with E-state index in [1.54, 1.807) is 36.4 Å². The van der Waals surface area contributed by atoms with E-state index in [-0.39, 0.29) is 31.6 Å². The molecule has 3 aliphatic rings. The van der Waals surface area contributed by atoms with Crippen molar-refractivity contribution in [3.05, 3.63) is 64.2 Å². The SMILES string of the molecule is COc1ccc2c(c1)C(=O)N(C[C@@]1(C#Cc3ccc4c(c3)COC4=O)NC(=O)NC1=O)C2. The average molecular weight is 431 g/mol. The molecule has 0 aliphatic carbocycles. The van der Waals surface area contributed by atoms with Crippen LogP contribution >= 0.6 is 0 Å². The van der Waals surface area contributed by atoms with Crippen molar-refractivity contribution < 1.29 is 28.7 Å². The molecule has 1 atom stereocenters. The molecule has 2 aromatic carbocycles. The first kappa shape index (κ1) is 19.6. The number of rotatable bonds is 3. The predicted molar refractivity (Wildman–Crippen MR) is 110 cm³/mol. The van der Waals surface area contributed by atoms with Crippen molar-refractivity contribution in [2.24, 2.45) is 0 Å². The number of fused-ring (bicyclic) bond motifs is 2. The Hall–Kier alpha value is -4.32. The van der Waals surface area contributed by atoms with Gasteiger partial charge in [-0.05, 0) is 35.9 Å². The Bertz CT molecular complexity index is 1270. The van der Waals surface area contributed by atoms with E-state index in [1.165, 1.54) is 12.0 Å². The summed E-state index contributed by atoms with van der Waals surface area (Å²) < 4.78 is 10.2. The van der Waals surface area contributed by atoms with E-state index < -0.39 is 17.5 Å². The quantitative estimate of drug-likeness (QED) is 0.425. The molecule has 3 aliphatic heterocycles. The van der Waals surface area contributed by atoms with Crippen LogP contribution in [0, 0.1) is 11.8 Å². The number of amides is 4. The van der Waals surface area contributed by atoms with Gasteiger partial charge in [0.25, 0.3) is 11.8 Å². The summed E-state index contributed by atoms with van der Waals surface area (Å²) >= 11 is 0. The molecule has 0 saturated carbocycles. The lowest BCUT2D eigenvalue weighted by Gasteiger charge is -2.26. The molecule has 4 amide bonds. The molecule has 0 unspecified atom stereocenters. The molecule has 0 bridgehead atoms. The van der Waals surface area contributed by atoms with E-state index >= 15 is 0 Å². The topological polar surface area (TPSA) is 114 Å². The van der Waals surface area contributed by atoms with Gasteiger partial charge in [-0.25, -0.2) is 9.59 Å². The molecule has 1 fully saturated rings. The van der Waals surface area contributed by atoms with Crippen molar-refractivity contribution in [2.75, 3.05) is 13.7 Å². The Morgan fingerprint density at radius 2 is 1.94 bits per heavy atom. The summed E-state index contributed by atoms with van der Waals surface area (Å²) in [6, 6.07) is 9.49. The zero-order chi connectivity index (χ0) is 22.5. The molecule has 2 aromatic rings. The summed E-state index contributed by atoms with van der Waals surface area (Å²) in [6.45, 7) is 0.318. The van der Waals surface area contributed by atoms with Crippen molar-refractivity contribution in [1.29, 1.82) is 0 Å². The van der Waals surface area contributed by atoms with E-state index in [9.17, 15) is 19.2 Å². The van der Waals surface area contributed by atoms with Crippen LogP contribution in [0.1, 0.15) is 37.4 Å². The number of carbonyl (C=O) groups is 4. The number of cyclic esters (lactones) is 1. The lowest BCUT2D eigenvalue weighted by atomic mass is 9.98. The van der Waals surface area contributed by atoms with Crippen LogP contribution in [0.25, 0.3) is 0 Å². The summed E-state index contributed by atoms with van der Waals surface area (Å²) in [5.41, 5.74) is 1.41. The third-order valence-electron chi connectivity index (χ3n) is 5.67. The highest BCUT2D eigenvalue weighted by Crippen LogP contribution is 2.28. The monoisotopic (exact) mass is 431 g/mol. The molecular weight excluding hydrogens is 414 g/mol. The van der Waals surface area contributed by atoms with Gasteiger partial charge in [0.1, 0.15) is 12.4 Å². The van der Waals surface area contributed by atoms with E-state index in [0.717, 1.165) is 5.56 Å². The first-order chi connectivity index (χ1) is 15.4. The number of urea groups is 1. The number of methoxy groups -OCH3 is 1. The fourth-order valence-electron chi connectivity index (χ4n) is 4.00. The lowest BCUT2D eigenvalue weighted by molar-refractivity contribution is -0.122. The highest BCUT2D eigenvalue weighted by atomic mass is 16.5. The van der Waals surface area contributed by atoms with Gasteiger partial charge in [0, 0.05) is 23.2 Å². The smallest absolute Gasteiger partial charge is 0.338 e. The summed E-state index contributed by atoms with van der Waals surface area (Å²) in [6.07, 6.45) is 0. The third-order valence-corrected chi connectivity index (χ3v) is 5.67. The molecular formula is C23H17N3O6. The third kappa shape index (κ3) is 3.13. The van der Waals surface area contributed by atoms with Gasteiger partial charge in [-0.15, -0.1) is 0 Å². The molecule has 1 saturated heterocycles. The molecule has 3 heterocycles. The van der Waals surface area contributed by atoms with Gasteiger partial charge < -0.3 is 19.7 Å². The van der Waals surface area contributed by atoms with Gasteiger partial charge in [-0.1, -0.05) is 17.9 Å². The standard InChI is InChI=1S/C23H17N3O6/c1-31-16-4-3-14-10-26(19(27)18(14)9-16)12-23(21(29)24-22(30)25-23)7-6-13-2-5-17-15(8-13)11-32-20(17)28/h2-5,8-9H,10-12H2,1H3,(H2,24,25,29,30)/t23-/m1/s1. The Morgan fingerprint density at radius 1 is 1.09 bits per heavy atom. The highest BCUT2D eigenvalue weighted by molar-refractivity contribution is 6.10. The van der Waals surface area contributed by atoms with Crippen molar-refractivity contribution in [3.8, 4) is 17.6 Å². The Morgan fingerprint density at radius 3 is 2.69 bits per heavy atom. The second kappa shape index (κ2) is 7.13. The average Bonchev–Trinajstić information content (AvgIpc) is 3.40. The number of hydrogen-bond acceptors (Lipinski definition) is 6. The van der Waals surface area contributed by atoms with Crippen LogP contribution in [0.3, 0.4) is 0 Å². The molecule has 32 heavy (non-hydrogen) atoms. The first-order valence-electron chi connectivity index (χ1n) is 9.81. The number of nitrogens with zero attached hydrogens (tertiary/aromatic N) is 1. The number of hydrogen-bond donors (Lipinski definition) is 2. The molecule has 5 rings (SSSR count). The van der Waals surface area contributed by atoms with Crippen LogP contribution < -0.4 is 15.4 Å². The second-order valence-electron chi connectivity index (χ2n) is 7.70. The summed E-state index contributed by atoms with van der Waals surface area (Å²) in [5.74, 6) is 5.02. The predicted octanol–water partition coefficient (Wildman–Crippen LogP) is 0.951. The molecule has 0 aromatic heterocycles. The normalized spacial score (nSPS) is 20.7. The van der Waals surface area contributed by atoms with Gasteiger partial charge in [-0.2, -0.15) is 0 Å². The molecule has 9 nitrogen and oxygen atoms in total. The maximum Gasteiger partial charge on any atom is 0.338 e. The Labute approximate surface area is 182 Å². The molecule has 0 spiro atoms. The van der Waals surface area contributed by atoms with Gasteiger partial charge in [0.05, 0.1) is 19.2 Å². The number of imide groups is 1. The minimum atomic E-state index is -1.61. The van der Waals surface area contributed by atoms with Gasteiger partial charge in [0.2, 0.25) is 5.54 Å². The van der Waals surface area contributed by atoms with Crippen molar-refractivity contribution >= 4 is 23.8 Å².